The number of ketones is 2. The fourth-order valence-electron chi connectivity index (χ4n) is 3.12. The van der Waals surface area contributed by atoms with Gasteiger partial charge in [-0.2, -0.15) is 0 Å². The highest BCUT2D eigenvalue weighted by Crippen LogP contribution is 2.36. The lowest BCUT2D eigenvalue weighted by Gasteiger charge is -2.22. The van der Waals surface area contributed by atoms with Crippen LogP contribution in [0.2, 0.25) is 0 Å². The Hall–Kier alpha value is -2.68. The van der Waals surface area contributed by atoms with Crippen molar-refractivity contribution in [2.75, 3.05) is 6.61 Å². The van der Waals surface area contributed by atoms with Gasteiger partial charge in [0.25, 0.3) is 0 Å². The number of aryl methyl sites for hydroxylation is 1. The predicted octanol–water partition coefficient (Wildman–Crippen LogP) is 4.76. The highest BCUT2D eigenvalue weighted by Gasteiger charge is 2.33. The van der Waals surface area contributed by atoms with Crippen molar-refractivity contribution >= 4 is 11.6 Å². The van der Waals surface area contributed by atoms with Crippen LogP contribution in [0, 0.1) is 0 Å². The van der Waals surface area contributed by atoms with Crippen molar-refractivity contribution in [3.05, 3.63) is 75.9 Å². The molecular formula is C22H22O3. The molecule has 0 atom stereocenters. The highest BCUT2D eigenvalue weighted by atomic mass is 16.5. The Bertz CT molecular complexity index is 871. The van der Waals surface area contributed by atoms with Gasteiger partial charge in [0.05, 0.1) is 5.56 Å². The lowest BCUT2D eigenvalue weighted by Crippen LogP contribution is -2.22. The number of fused-ring (bicyclic) bond motifs is 2. The second-order valence-electron chi connectivity index (χ2n) is 6.52. The minimum atomic E-state index is -0.129. The molecular weight excluding hydrogens is 312 g/mol. The van der Waals surface area contributed by atoms with Crippen LogP contribution in [-0.2, 0) is 6.42 Å². The molecule has 0 aliphatic heterocycles. The molecule has 0 aromatic heterocycles. The summed E-state index contributed by atoms with van der Waals surface area (Å²) in [5.74, 6) is 0.320. The Morgan fingerprint density at radius 1 is 0.960 bits per heavy atom. The first-order valence-corrected chi connectivity index (χ1v) is 8.65. The largest absolute Gasteiger partial charge is 0.488 e. The first kappa shape index (κ1) is 17.2. The summed E-state index contributed by atoms with van der Waals surface area (Å²) in [7, 11) is 0. The molecule has 0 N–H and O–H groups in total. The number of ether oxygens (including phenoxy) is 1. The van der Waals surface area contributed by atoms with Crippen molar-refractivity contribution in [3.63, 3.8) is 0 Å². The monoisotopic (exact) mass is 334 g/mol. The van der Waals surface area contributed by atoms with Gasteiger partial charge in [0.15, 0.2) is 11.6 Å². The van der Waals surface area contributed by atoms with Crippen LogP contribution in [0.25, 0.3) is 0 Å². The smallest absolute Gasteiger partial charge is 0.198 e. The minimum absolute atomic E-state index is 0.111. The maximum absolute atomic E-state index is 13.1. The van der Waals surface area contributed by atoms with Crippen LogP contribution in [0.5, 0.6) is 5.75 Å². The van der Waals surface area contributed by atoms with Crippen molar-refractivity contribution in [3.8, 4) is 5.75 Å². The normalized spacial score (nSPS) is 12.4. The van der Waals surface area contributed by atoms with Crippen molar-refractivity contribution in [2.45, 2.75) is 33.6 Å². The lowest BCUT2D eigenvalue weighted by molar-refractivity contribution is 0.0976. The van der Waals surface area contributed by atoms with E-state index in [0.29, 0.717) is 34.6 Å². The summed E-state index contributed by atoms with van der Waals surface area (Å²) in [5.41, 5.74) is 3.91. The van der Waals surface area contributed by atoms with E-state index in [1.165, 1.54) is 0 Å². The zero-order chi connectivity index (χ0) is 18.0. The number of rotatable bonds is 5. The summed E-state index contributed by atoms with van der Waals surface area (Å²) < 4.78 is 5.98. The van der Waals surface area contributed by atoms with E-state index in [-0.39, 0.29) is 11.6 Å². The van der Waals surface area contributed by atoms with Crippen LogP contribution in [0.15, 0.2) is 48.0 Å². The lowest BCUT2D eigenvalue weighted by atomic mass is 9.82. The van der Waals surface area contributed by atoms with Crippen molar-refractivity contribution in [1.29, 1.82) is 0 Å². The van der Waals surface area contributed by atoms with E-state index >= 15 is 0 Å². The van der Waals surface area contributed by atoms with E-state index in [1.54, 1.807) is 30.3 Å². The summed E-state index contributed by atoms with van der Waals surface area (Å²) in [6.45, 7) is 6.48. The fraction of sp³-hybridized carbons (Fsp3) is 0.273. The number of benzene rings is 2. The zero-order valence-electron chi connectivity index (χ0n) is 14.9. The number of allylic oxidation sites excluding steroid dienone is 1. The van der Waals surface area contributed by atoms with E-state index in [9.17, 15) is 9.59 Å². The number of hydrogen-bond donors (Lipinski definition) is 0. The maximum atomic E-state index is 13.1. The summed E-state index contributed by atoms with van der Waals surface area (Å²) >= 11 is 0. The summed E-state index contributed by atoms with van der Waals surface area (Å²) in [6, 6.07) is 10.7. The quantitative estimate of drug-likeness (QED) is 0.632. The molecule has 0 amide bonds. The molecule has 3 nitrogen and oxygen atoms in total. The Morgan fingerprint density at radius 2 is 1.64 bits per heavy atom. The SMILES string of the molecule is CCCc1ccc2c(c1OCC=C(C)C)C(=O)c1ccccc1C2=O. The third kappa shape index (κ3) is 3.14. The van der Waals surface area contributed by atoms with Crippen LogP contribution in [-0.4, -0.2) is 18.2 Å². The molecule has 128 valence electrons. The van der Waals surface area contributed by atoms with Gasteiger partial charge in [-0.05, 0) is 38.0 Å². The molecule has 1 aliphatic carbocycles. The van der Waals surface area contributed by atoms with Gasteiger partial charge in [-0.15, -0.1) is 0 Å². The topological polar surface area (TPSA) is 43.4 Å². The van der Waals surface area contributed by atoms with E-state index < -0.39 is 0 Å². The first-order valence-electron chi connectivity index (χ1n) is 8.65. The second-order valence-corrected chi connectivity index (χ2v) is 6.52. The van der Waals surface area contributed by atoms with E-state index in [4.69, 9.17) is 4.74 Å². The van der Waals surface area contributed by atoms with Crippen molar-refractivity contribution in [1.82, 2.24) is 0 Å². The Kier molecular flexibility index (Phi) is 4.84. The molecule has 1 aliphatic rings. The van der Waals surface area contributed by atoms with Crippen molar-refractivity contribution in [2.24, 2.45) is 0 Å². The Labute approximate surface area is 148 Å². The van der Waals surface area contributed by atoms with Crippen LogP contribution >= 0.6 is 0 Å². The van der Waals surface area contributed by atoms with Crippen LogP contribution in [0.1, 0.15) is 64.6 Å². The standard InChI is InChI=1S/C22H22O3/c1-4-7-15-10-11-18-19(22(15)25-13-12-14(2)3)21(24)17-9-6-5-8-16(17)20(18)23/h5-6,8-12H,4,7,13H2,1-3H3. The summed E-state index contributed by atoms with van der Waals surface area (Å²) in [6.07, 6.45) is 3.72. The third-order valence-corrected chi connectivity index (χ3v) is 4.37. The molecule has 0 bridgehead atoms. The molecule has 2 aromatic rings. The average molecular weight is 334 g/mol. The maximum Gasteiger partial charge on any atom is 0.198 e. The fourth-order valence-corrected chi connectivity index (χ4v) is 3.12. The molecule has 25 heavy (non-hydrogen) atoms. The van der Waals surface area contributed by atoms with Crippen molar-refractivity contribution < 1.29 is 14.3 Å². The molecule has 3 rings (SSSR count). The Morgan fingerprint density at radius 3 is 2.28 bits per heavy atom. The van der Waals surface area contributed by atoms with Gasteiger partial charge in [0, 0.05) is 16.7 Å². The van der Waals surface area contributed by atoms with E-state index in [0.717, 1.165) is 24.0 Å². The molecule has 0 unspecified atom stereocenters. The molecule has 0 fully saturated rings. The predicted molar refractivity (Wildman–Crippen MR) is 98.7 cm³/mol. The molecule has 0 spiro atoms. The molecule has 0 saturated heterocycles. The van der Waals surface area contributed by atoms with Crippen LogP contribution in [0.4, 0.5) is 0 Å². The van der Waals surface area contributed by atoms with Crippen LogP contribution in [0.3, 0.4) is 0 Å². The highest BCUT2D eigenvalue weighted by molar-refractivity contribution is 6.29. The minimum Gasteiger partial charge on any atom is -0.488 e. The van der Waals surface area contributed by atoms with Gasteiger partial charge in [0.1, 0.15) is 12.4 Å². The first-order chi connectivity index (χ1) is 12.0. The number of hydrogen-bond acceptors (Lipinski definition) is 3. The molecule has 0 heterocycles. The molecule has 3 heteroatoms. The number of carbonyl (C=O) groups excluding carboxylic acids is 2. The van der Waals surface area contributed by atoms with E-state index in [1.807, 2.05) is 26.0 Å². The van der Waals surface area contributed by atoms with E-state index in [2.05, 4.69) is 6.92 Å². The zero-order valence-corrected chi connectivity index (χ0v) is 14.9. The van der Waals surface area contributed by atoms with Gasteiger partial charge in [-0.1, -0.05) is 49.2 Å². The molecule has 0 radical (unpaired) electrons. The summed E-state index contributed by atoms with van der Waals surface area (Å²) in [4.78, 5) is 25.9. The average Bonchev–Trinajstić information content (AvgIpc) is 2.60. The molecule has 0 saturated carbocycles. The van der Waals surface area contributed by atoms with Gasteiger partial charge < -0.3 is 4.74 Å². The molecule has 2 aromatic carbocycles. The van der Waals surface area contributed by atoms with Crippen LogP contribution < -0.4 is 4.74 Å². The van der Waals surface area contributed by atoms with Gasteiger partial charge in [-0.25, -0.2) is 0 Å². The number of carbonyl (C=O) groups is 2. The van der Waals surface area contributed by atoms with Gasteiger partial charge >= 0.3 is 0 Å². The Balaban J connectivity index is 2.15. The third-order valence-electron chi connectivity index (χ3n) is 4.37. The van der Waals surface area contributed by atoms with Gasteiger partial charge in [-0.3, -0.25) is 9.59 Å². The second kappa shape index (κ2) is 7.06. The van der Waals surface area contributed by atoms with Gasteiger partial charge in [0.2, 0.25) is 0 Å². The summed E-state index contributed by atoms with van der Waals surface area (Å²) in [5, 5.41) is 0.